The second kappa shape index (κ2) is 5.70. The molecule has 0 aliphatic heterocycles. The zero-order valence-corrected chi connectivity index (χ0v) is 9.80. The Morgan fingerprint density at radius 3 is 2.35 bits per heavy atom. The van der Waals surface area contributed by atoms with Crippen molar-refractivity contribution in [3.05, 3.63) is 29.8 Å². The van der Waals surface area contributed by atoms with Crippen molar-refractivity contribution in [2.45, 2.75) is 31.8 Å². The van der Waals surface area contributed by atoms with E-state index in [0.717, 1.165) is 31.4 Å². The van der Waals surface area contributed by atoms with Crippen molar-refractivity contribution < 1.29 is 9.84 Å². The molecule has 0 aromatic heterocycles. The molecule has 0 amide bonds. The molecule has 0 bridgehead atoms. The van der Waals surface area contributed by atoms with Gasteiger partial charge in [-0.1, -0.05) is 0 Å². The van der Waals surface area contributed by atoms with Gasteiger partial charge < -0.3 is 9.84 Å². The van der Waals surface area contributed by atoms with Gasteiger partial charge in [-0.25, -0.2) is 0 Å². The molecule has 3 heteroatoms. The first-order valence-corrected chi connectivity index (χ1v) is 6.09. The molecule has 2 rings (SSSR count). The molecule has 1 aliphatic rings. The molecule has 17 heavy (non-hydrogen) atoms. The molecule has 3 nitrogen and oxygen atoms in total. The number of benzene rings is 1. The summed E-state index contributed by atoms with van der Waals surface area (Å²) in [5, 5.41) is 17.7. The fourth-order valence-corrected chi connectivity index (χ4v) is 2.23. The van der Waals surface area contributed by atoms with Gasteiger partial charge in [0.15, 0.2) is 0 Å². The van der Waals surface area contributed by atoms with E-state index >= 15 is 0 Å². The fourth-order valence-electron chi connectivity index (χ4n) is 2.23. The molecule has 1 aliphatic carbocycles. The lowest BCUT2D eigenvalue weighted by molar-refractivity contribution is 0.104. The molecular formula is C14H17NO2. The summed E-state index contributed by atoms with van der Waals surface area (Å²) in [6.07, 6.45) is 4.34. The van der Waals surface area contributed by atoms with Gasteiger partial charge in [-0.3, -0.25) is 0 Å². The molecule has 1 fully saturated rings. The highest BCUT2D eigenvalue weighted by Gasteiger charge is 2.21. The number of ether oxygens (including phenoxy) is 1. The fraction of sp³-hybridized carbons (Fsp3) is 0.500. The summed E-state index contributed by atoms with van der Waals surface area (Å²) in [4.78, 5) is 0. The van der Waals surface area contributed by atoms with Crippen LogP contribution >= 0.6 is 0 Å². The highest BCUT2D eigenvalue weighted by Crippen LogP contribution is 2.27. The number of hydrogen-bond acceptors (Lipinski definition) is 3. The molecule has 1 aromatic rings. The summed E-state index contributed by atoms with van der Waals surface area (Å²) in [5.41, 5.74) is 0.654. The summed E-state index contributed by atoms with van der Waals surface area (Å²) in [7, 11) is 0. The number of rotatable bonds is 3. The van der Waals surface area contributed by atoms with Gasteiger partial charge in [0.2, 0.25) is 0 Å². The van der Waals surface area contributed by atoms with Crippen LogP contribution < -0.4 is 4.74 Å². The van der Waals surface area contributed by atoms with E-state index in [2.05, 4.69) is 6.07 Å². The Bertz CT molecular complexity index is 386. The van der Waals surface area contributed by atoms with Crippen molar-refractivity contribution in [1.82, 2.24) is 0 Å². The highest BCUT2D eigenvalue weighted by molar-refractivity contribution is 5.34. The number of aliphatic hydroxyl groups is 1. The van der Waals surface area contributed by atoms with E-state index in [9.17, 15) is 0 Å². The van der Waals surface area contributed by atoms with Crippen LogP contribution in [0.2, 0.25) is 0 Å². The molecule has 1 N–H and O–H groups in total. The van der Waals surface area contributed by atoms with E-state index in [1.807, 2.05) is 12.1 Å². The van der Waals surface area contributed by atoms with Crippen molar-refractivity contribution in [3.8, 4) is 11.8 Å². The first-order valence-electron chi connectivity index (χ1n) is 6.09. The Morgan fingerprint density at radius 1 is 1.18 bits per heavy atom. The number of nitrogens with zero attached hydrogens (tertiary/aromatic N) is 1. The van der Waals surface area contributed by atoms with E-state index in [1.54, 1.807) is 12.1 Å². The molecule has 0 saturated heterocycles. The minimum atomic E-state index is 0.255. The topological polar surface area (TPSA) is 53.2 Å². The first kappa shape index (κ1) is 11.9. The van der Waals surface area contributed by atoms with Crippen LogP contribution in [0, 0.1) is 17.2 Å². The third kappa shape index (κ3) is 3.21. The van der Waals surface area contributed by atoms with Crippen LogP contribution in [0.1, 0.15) is 31.2 Å². The lowest BCUT2D eigenvalue weighted by atomic mass is 9.88. The predicted octanol–water partition coefficient (Wildman–Crippen LogP) is 2.49. The Kier molecular flexibility index (Phi) is 4.00. The quantitative estimate of drug-likeness (QED) is 0.869. The Hall–Kier alpha value is -1.53. The summed E-state index contributed by atoms with van der Waals surface area (Å²) < 4.78 is 5.86. The largest absolute Gasteiger partial charge is 0.490 e. The minimum absolute atomic E-state index is 0.255. The smallest absolute Gasteiger partial charge is 0.119 e. The molecular weight excluding hydrogens is 214 g/mol. The van der Waals surface area contributed by atoms with Gasteiger partial charge in [0.1, 0.15) is 5.75 Å². The minimum Gasteiger partial charge on any atom is -0.490 e. The summed E-state index contributed by atoms with van der Waals surface area (Å²) in [6, 6.07) is 9.32. The average molecular weight is 231 g/mol. The summed E-state index contributed by atoms with van der Waals surface area (Å²) in [5.74, 6) is 1.28. The van der Waals surface area contributed by atoms with Crippen LogP contribution in [0.3, 0.4) is 0 Å². The van der Waals surface area contributed by atoms with Gasteiger partial charge in [0.25, 0.3) is 0 Å². The number of hydrogen-bond donors (Lipinski definition) is 1. The second-order valence-electron chi connectivity index (χ2n) is 4.58. The van der Waals surface area contributed by atoms with E-state index in [-0.39, 0.29) is 6.10 Å². The molecule has 0 radical (unpaired) electrons. The predicted molar refractivity (Wildman–Crippen MR) is 64.6 cm³/mol. The maximum absolute atomic E-state index is 9.05. The normalized spacial score (nSPS) is 24.0. The molecule has 1 aromatic carbocycles. The van der Waals surface area contributed by atoms with E-state index in [4.69, 9.17) is 15.1 Å². The van der Waals surface area contributed by atoms with E-state index in [0.29, 0.717) is 18.1 Å². The van der Waals surface area contributed by atoms with Gasteiger partial charge >= 0.3 is 0 Å². The van der Waals surface area contributed by atoms with Crippen LogP contribution in [0.25, 0.3) is 0 Å². The SMILES string of the molecule is N#Cc1ccc(OC2CCC(CO)CC2)cc1. The van der Waals surface area contributed by atoms with Crippen molar-refractivity contribution in [2.75, 3.05) is 6.61 Å². The van der Waals surface area contributed by atoms with E-state index in [1.165, 1.54) is 0 Å². The third-order valence-electron chi connectivity index (χ3n) is 3.34. The molecule has 0 heterocycles. The summed E-state index contributed by atoms with van der Waals surface area (Å²) in [6.45, 7) is 0.295. The Balaban J connectivity index is 1.87. The molecule has 0 spiro atoms. The summed E-state index contributed by atoms with van der Waals surface area (Å²) >= 11 is 0. The van der Waals surface area contributed by atoms with Crippen LogP contribution in [0.5, 0.6) is 5.75 Å². The van der Waals surface area contributed by atoms with Crippen molar-refractivity contribution in [2.24, 2.45) is 5.92 Å². The average Bonchev–Trinajstić information content (AvgIpc) is 2.40. The lowest BCUT2D eigenvalue weighted by Gasteiger charge is -2.27. The van der Waals surface area contributed by atoms with Crippen molar-refractivity contribution >= 4 is 0 Å². The van der Waals surface area contributed by atoms with E-state index < -0.39 is 0 Å². The lowest BCUT2D eigenvalue weighted by Crippen LogP contribution is -2.25. The van der Waals surface area contributed by atoms with Gasteiger partial charge in [-0.05, 0) is 55.9 Å². The zero-order chi connectivity index (χ0) is 12.1. The Morgan fingerprint density at radius 2 is 1.82 bits per heavy atom. The maximum Gasteiger partial charge on any atom is 0.119 e. The monoisotopic (exact) mass is 231 g/mol. The first-order chi connectivity index (χ1) is 8.31. The zero-order valence-electron chi connectivity index (χ0n) is 9.80. The standard InChI is InChI=1S/C14H17NO2/c15-9-11-1-5-13(6-2-11)17-14-7-3-12(10-16)4-8-14/h1-2,5-6,12,14,16H,3-4,7-8,10H2. The molecule has 0 unspecified atom stereocenters. The number of nitriles is 1. The number of aliphatic hydroxyl groups excluding tert-OH is 1. The van der Waals surface area contributed by atoms with Crippen LogP contribution in [-0.4, -0.2) is 17.8 Å². The molecule has 90 valence electrons. The van der Waals surface area contributed by atoms with Gasteiger partial charge in [-0.2, -0.15) is 5.26 Å². The van der Waals surface area contributed by atoms with Gasteiger partial charge in [0.05, 0.1) is 17.7 Å². The highest BCUT2D eigenvalue weighted by atomic mass is 16.5. The molecule has 0 atom stereocenters. The maximum atomic E-state index is 9.05. The second-order valence-corrected chi connectivity index (χ2v) is 4.58. The van der Waals surface area contributed by atoms with Crippen LogP contribution in [0.15, 0.2) is 24.3 Å². The van der Waals surface area contributed by atoms with Crippen LogP contribution in [-0.2, 0) is 0 Å². The van der Waals surface area contributed by atoms with Gasteiger partial charge in [-0.15, -0.1) is 0 Å². The third-order valence-corrected chi connectivity index (χ3v) is 3.34. The Labute approximate surface area is 102 Å². The van der Waals surface area contributed by atoms with Crippen molar-refractivity contribution in [1.29, 1.82) is 5.26 Å². The van der Waals surface area contributed by atoms with Crippen LogP contribution in [0.4, 0.5) is 0 Å². The van der Waals surface area contributed by atoms with Gasteiger partial charge in [0, 0.05) is 6.61 Å². The molecule has 1 saturated carbocycles. The van der Waals surface area contributed by atoms with Crippen molar-refractivity contribution in [3.63, 3.8) is 0 Å².